The van der Waals surface area contributed by atoms with Gasteiger partial charge < -0.3 is 9.47 Å². The van der Waals surface area contributed by atoms with Crippen LogP contribution in [0.15, 0.2) is 54.6 Å². The molecule has 0 saturated carbocycles. The minimum absolute atomic E-state index is 0.421. The summed E-state index contributed by atoms with van der Waals surface area (Å²) in [7, 11) is 1.16. The van der Waals surface area contributed by atoms with Crippen LogP contribution in [0.5, 0.6) is 0 Å². The van der Waals surface area contributed by atoms with Crippen molar-refractivity contribution in [2.45, 2.75) is 12.3 Å². The number of carbonyl (C=O) groups is 1. The highest BCUT2D eigenvalue weighted by Gasteiger charge is 2.30. The van der Waals surface area contributed by atoms with Crippen molar-refractivity contribution in [2.75, 3.05) is 7.11 Å². The topological polar surface area (TPSA) is 35.5 Å². The summed E-state index contributed by atoms with van der Waals surface area (Å²) in [6.07, 6.45) is -6.16. The maximum absolute atomic E-state index is 12.6. The lowest BCUT2D eigenvalue weighted by atomic mass is 10.00. The zero-order valence-electron chi connectivity index (χ0n) is 11.6. The Labute approximate surface area is 125 Å². The van der Waals surface area contributed by atoms with E-state index in [2.05, 4.69) is 4.74 Å². The van der Waals surface area contributed by atoms with Crippen LogP contribution in [0.2, 0.25) is 0 Å². The van der Waals surface area contributed by atoms with E-state index in [1.165, 1.54) is 12.1 Å². The molecule has 0 radical (unpaired) electrons. The minimum atomic E-state index is -4.41. The predicted octanol–water partition coefficient (Wildman–Crippen LogP) is 4.58. The van der Waals surface area contributed by atoms with E-state index in [0.717, 1.165) is 19.2 Å². The highest BCUT2D eigenvalue weighted by atomic mass is 19.4. The quantitative estimate of drug-likeness (QED) is 0.779. The molecular weight excluding hydrogens is 297 g/mol. The molecule has 2 rings (SSSR count). The van der Waals surface area contributed by atoms with Gasteiger partial charge in [-0.25, -0.2) is 4.79 Å². The third-order valence-electron chi connectivity index (χ3n) is 3.02. The lowest BCUT2D eigenvalue weighted by Crippen LogP contribution is -2.13. The summed E-state index contributed by atoms with van der Waals surface area (Å²) < 4.78 is 47.4. The number of hydrogen-bond donors (Lipinski definition) is 0. The predicted molar refractivity (Wildman–Crippen MR) is 73.2 cm³/mol. The fourth-order valence-corrected chi connectivity index (χ4v) is 1.95. The van der Waals surface area contributed by atoms with Gasteiger partial charge in [-0.2, -0.15) is 13.2 Å². The SMILES string of the molecule is COC(=O)OC(c1ccccc1)c1ccc(C(F)(F)F)cc1. The smallest absolute Gasteiger partial charge is 0.438 e. The van der Waals surface area contributed by atoms with E-state index < -0.39 is 24.0 Å². The molecule has 0 bridgehead atoms. The van der Waals surface area contributed by atoms with Gasteiger partial charge in [0, 0.05) is 0 Å². The number of rotatable bonds is 3. The van der Waals surface area contributed by atoms with Crippen LogP contribution in [0.4, 0.5) is 18.0 Å². The van der Waals surface area contributed by atoms with Gasteiger partial charge in [-0.3, -0.25) is 0 Å². The van der Waals surface area contributed by atoms with Crippen molar-refractivity contribution in [3.63, 3.8) is 0 Å². The van der Waals surface area contributed by atoms with Crippen LogP contribution in [0, 0.1) is 0 Å². The highest BCUT2D eigenvalue weighted by molar-refractivity contribution is 5.60. The van der Waals surface area contributed by atoms with E-state index in [1.54, 1.807) is 30.3 Å². The molecule has 1 atom stereocenters. The lowest BCUT2D eigenvalue weighted by molar-refractivity contribution is -0.137. The molecule has 2 aromatic carbocycles. The van der Waals surface area contributed by atoms with Crippen LogP contribution in [-0.4, -0.2) is 13.3 Å². The molecule has 0 spiro atoms. The molecule has 1 unspecified atom stereocenters. The number of hydrogen-bond acceptors (Lipinski definition) is 3. The summed E-state index contributed by atoms with van der Waals surface area (Å²) in [6, 6.07) is 13.2. The van der Waals surface area contributed by atoms with Crippen molar-refractivity contribution >= 4 is 6.16 Å². The van der Waals surface area contributed by atoms with Gasteiger partial charge in [0.15, 0.2) is 6.10 Å². The second-order valence-corrected chi connectivity index (χ2v) is 4.48. The zero-order valence-corrected chi connectivity index (χ0v) is 11.6. The number of methoxy groups -OCH3 is 1. The molecule has 116 valence electrons. The number of alkyl halides is 3. The Bertz CT molecular complexity index is 621. The Morgan fingerprint density at radius 3 is 2.00 bits per heavy atom. The van der Waals surface area contributed by atoms with Gasteiger partial charge in [-0.15, -0.1) is 0 Å². The normalized spacial score (nSPS) is 12.5. The molecule has 3 nitrogen and oxygen atoms in total. The van der Waals surface area contributed by atoms with E-state index in [1.807, 2.05) is 0 Å². The Morgan fingerprint density at radius 2 is 1.50 bits per heavy atom. The molecule has 0 heterocycles. The molecule has 0 aromatic heterocycles. The molecule has 0 amide bonds. The highest BCUT2D eigenvalue weighted by Crippen LogP contribution is 2.32. The molecule has 2 aromatic rings. The summed E-state index contributed by atoms with van der Waals surface area (Å²) in [5.41, 5.74) is 0.290. The molecule has 0 fully saturated rings. The fraction of sp³-hybridized carbons (Fsp3) is 0.188. The van der Waals surface area contributed by atoms with Crippen LogP contribution in [0.3, 0.4) is 0 Å². The second kappa shape index (κ2) is 6.51. The second-order valence-electron chi connectivity index (χ2n) is 4.48. The standard InChI is InChI=1S/C16H13F3O3/c1-21-15(20)22-14(11-5-3-2-4-6-11)12-7-9-13(10-8-12)16(17,18)19/h2-10,14H,1H3. The molecule has 0 aliphatic carbocycles. The molecule has 6 heteroatoms. The third kappa shape index (κ3) is 3.78. The first-order valence-corrected chi connectivity index (χ1v) is 6.38. The summed E-state index contributed by atoms with van der Waals surface area (Å²) >= 11 is 0. The summed E-state index contributed by atoms with van der Waals surface area (Å²) in [4.78, 5) is 11.4. The van der Waals surface area contributed by atoms with Gasteiger partial charge in [-0.05, 0) is 23.3 Å². The van der Waals surface area contributed by atoms with Gasteiger partial charge in [0.2, 0.25) is 0 Å². The Morgan fingerprint density at radius 1 is 0.955 bits per heavy atom. The van der Waals surface area contributed by atoms with Crippen molar-refractivity contribution in [1.82, 2.24) is 0 Å². The van der Waals surface area contributed by atoms with Crippen molar-refractivity contribution in [3.05, 3.63) is 71.3 Å². The molecule has 0 aliphatic rings. The van der Waals surface area contributed by atoms with E-state index in [9.17, 15) is 18.0 Å². The van der Waals surface area contributed by atoms with E-state index in [0.29, 0.717) is 11.1 Å². The summed E-state index contributed by atoms with van der Waals surface area (Å²) in [6.45, 7) is 0. The third-order valence-corrected chi connectivity index (χ3v) is 3.02. The van der Waals surface area contributed by atoms with Gasteiger partial charge >= 0.3 is 12.3 Å². The Hall–Kier alpha value is -2.50. The van der Waals surface area contributed by atoms with Gasteiger partial charge in [0.1, 0.15) is 0 Å². The number of benzene rings is 2. The summed E-state index contributed by atoms with van der Waals surface area (Å²) in [5, 5.41) is 0. The minimum Gasteiger partial charge on any atom is -0.438 e. The first-order chi connectivity index (χ1) is 10.4. The first-order valence-electron chi connectivity index (χ1n) is 6.38. The average molecular weight is 310 g/mol. The maximum Gasteiger partial charge on any atom is 0.508 e. The van der Waals surface area contributed by atoms with Crippen LogP contribution < -0.4 is 0 Å². The molecule has 0 N–H and O–H groups in total. The fourth-order valence-electron chi connectivity index (χ4n) is 1.95. The monoisotopic (exact) mass is 310 g/mol. The van der Waals surface area contributed by atoms with Crippen LogP contribution in [0.25, 0.3) is 0 Å². The van der Waals surface area contributed by atoms with Crippen molar-refractivity contribution in [2.24, 2.45) is 0 Å². The molecular formula is C16H13F3O3. The van der Waals surface area contributed by atoms with Crippen molar-refractivity contribution in [1.29, 1.82) is 0 Å². The Balaban J connectivity index is 2.35. The number of carbonyl (C=O) groups excluding carboxylic acids is 1. The number of ether oxygens (including phenoxy) is 2. The van der Waals surface area contributed by atoms with Gasteiger partial charge in [-0.1, -0.05) is 42.5 Å². The van der Waals surface area contributed by atoms with E-state index >= 15 is 0 Å². The maximum atomic E-state index is 12.6. The van der Waals surface area contributed by atoms with Crippen LogP contribution >= 0.6 is 0 Å². The van der Waals surface area contributed by atoms with Crippen LogP contribution in [0.1, 0.15) is 22.8 Å². The Kier molecular flexibility index (Phi) is 4.70. The lowest BCUT2D eigenvalue weighted by Gasteiger charge is -2.18. The van der Waals surface area contributed by atoms with Crippen LogP contribution in [-0.2, 0) is 15.7 Å². The average Bonchev–Trinajstić information content (AvgIpc) is 2.52. The summed E-state index contributed by atoms with van der Waals surface area (Å²) in [5.74, 6) is 0. The van der Waals surface area contributed by atoms with Crippen molar-refractivity contribution in [3.8, 4) is 0 Å². The van der Waals surface area contributed by atoms with Gasteiger partial charge in [0.25, 0.3) is 0 Å². The molecule has 22 heavy (non-hydrogen) atoms. The number of halogens is 3. The molecule has 0 aliphatic heterocycles. The van der Waals surface area contributed by atoms with Gasteiger partial charge in [0.05, 0.1) is 12.7 Å². The largest absolute Gasteiger partial charge is 0.508 e. The van der Waals surface area contributed by atoms with E-state index in [4.69, 9.17) is 4.74 Å². The molecule has 0 saturated heterocycles. The van der Waals surface area contributed by atoms with Crippen molar-refractivity contribution < 1.29 is 27.4 Å². The van der Waals surface area contributed by atoms with E-state index in [-0.39, 0.29) is 0 Å². The first kappa shape index (κ1) is 15.9. The zero-order chi connectivity index (χ0) is 16.2.